The first-order chi connectivity index (χ1) is 6.93. The molecule has 0 fully saturated rings. The molecular formula is C9H10N2O4. The molecule has 6 nitrogen and oxygen atoms in total. The van der Waals surface area contributed by atoms with Gasteiger partial charge in [-0.2, -0.15) is 0 Å². The van der Waals surface area contributed by atoms with Crippen LogP contribution in [0.3, 0.4) is 0 Å². The lowest BCUT2D eigenvalue weighted by molar-refractivity contribution is -0.385. The third-order valence-corrected chi connectivity index (χ3v) is 2.06. The summed E-state index contributed by atoms with van der Waals surface area (Å²) in [4.78, 5) is 20.6. The Hall–Kier alpha value is -1.95. The molecule has 0 aliphatic rings. The first kappa shape index (κ1) is 11.1. The topological polar surface area (TPSA) is 106 Å². The van der Waals surface area contributed by atoms with E-state index in [2.05, 4.69) is 0 Å². The van der Waals surface area contributed by atoms with Crippen molar-refractivity contribution >= 4 is 11.7 Å². The molecule has 0 unspecified atom stereocenters. The zero-order chi connectivity index (χ0) is 11.6. The van der Waals surface area contributed by atoms with E-state index >= 15 is 0 Å². The van der Waals surface area contributed by atoms with Gasteiger partial charge in [-0.1, -0.05) is 12.1 Å². The Kier molecular flexibility index (Phi) is 3.01. The summed E-state index contributed by atoms with van der Waals surface area (Å²) in [7, 11) is 0. The molecule has 0 bridgehead atoms. The number of carboxylic acid groups (broad SMARTS) is 1. The van der Waals surface area contributed by atoms with Gasteiger partial charge in [0.15, 0.2) is 0 Å². The zero-order valence-corrected chi connectivity index (χ0v) is 8.01. The summed E-state index contributed by atoms with van der Waals surface area (Å²) in [5.41, 5.74) is 5.91. The van der Waals surface area contributed by atoms with E-state index in [4.69, 9.17) is 10.8 Å². The van der Waals surface area contributed by atoms with Gasteiger partial charge in [0.25, 0.3) is 5.69 Å². The number of rotatable bonds is 3. The van der Waals surface area contributed by atoms with Crippen LogP contribution in [-0.4, -0.2) is 16.0 Å². The molecule has 0 aliphatic heterocycles. The predicted molar refractivity (Wildman–Crippen MR) is 52.4 cm³/mol. The van der Waals surface area contributed by atoms with Crippen molar-refractivity contribution in [2.75, 3.05) is 0 Å². The molecule has 0 aromatic heterocycles. The van der Waals surface area contributed by atoms with Gasteiger partial charge < -0.3 is 10.8 Å². The summed E-state index contributed by atoms with van der Waals surface area (Å²) < 4.78 is 0. The van der Waals surface area contributed by atoms with E-state index in [9.17, 15) is 14.9 Å². The van der Waals surface area contributed by atoms with Crippen molar-refractivity contribution < 1.29 is 14.8 Å². The summed E-state index contributed by atoms with van der Waals surface area (Å²) in [6, 6.07) is 2.91. The Morgan fingerprint density at radius 2 is 2.20 bits per heavy atom. The lowest BCUT2D eigenvalue weighted by Gasteiger charge is -2.06. The van der Waals surface area contributed by atoms with Crippen molar-refractivity contribution in [1.29, 1.82) is 0 Å². The van der Waals surface area contributed by atoms with Gasteiger partial charge in [0.05, 0.1) is 4.92 Å². The summed E-state index contributed by atoms with van der Waals surface area (Å²) in [6.07, 6.45) is 0. The third kappa shape index (κ3) is 2.29. The number of nitrogens with two attached hydrogens (primary N) is 1. The number of aryl methyl sites for hydroxylation is 1. The zero-order valence-electron chi connectivity index (χ0n) is 8.01. The monoisotopic (exact) mass is 210 g/mol. The van der Waals surface area contributed by atoms with Crippen LogP contribution in [0.25, 0.3) is 0 Å². The molecule has 3 N–H and O–H groups in total. The first-order valence-corrected chi connectivity index (χ1v) is 4.17. The molecule has 0 aliphatic carbocycles. The summed E-state index contributed by atoms with van der Waals surface area (Å²) >= 11 is 0. The van der Waals surface area contributed by atoms with Crippen molar-refractivity contribution in [3.8, 4) is 0 Å². The fourth-order valence-electron chi connectivity index (χ4n) is 1.16. The molecule has 0 saturated heterocycles. The van der Waals surface area contributed by atoms with E-state index in [0.29, 0.717) is 5.56 Å². The number of aliphatic carboxylic acids is 1. The summed E-state index contributed by atoms with van der Waals surface area (Å²) in [6.45, 7) is 1.58. The maximum atomic E-state index is 10.6. The minimum atomic E-state index is -1.23. The van der Waals surface area contributed by atoms with Gasteiger partial charge in [0.2, 0.25) is 0 Å². The quantitative estimate of drug-likeness (QED) is 0.571. The molecule has 0 heterocycles. The predicted octanol–water partition coefficient (Wildman–Crippen LogP) is 0.988. The normalized spacial score (nSPS) is 12.1. The number of hydrogen-bond acceptors (Lipinski definition) is 4. The van der Waals surface area contributed by atoms with Crippen LogP contribution < -0.4 is 5.73 Å². The standard InChI is InChI=1S/C9H10N2O4/c1-5-2-3-6(8(10)9(12)13)4-7(5)11(14)15/h2-4,8H,10H2,1H3,(H,12,13)/t8-/m0/s1. The summed E-state index contributed by atoms with van der Waals surface area (Å²) in [5, 5.41) is 19.2. The Bertz CT molecular complexity index is 417. The highest BCUT2D eigenvalue weighted by atomic mass is 16.6. The highest BCUT2D eigenvalue weighted by molar-refractivity contribution is 5.75. The van der Waals surface area contributed by atoms with E-state index < -0.39 is 16.9 Å². The van der Waals surface area contributed by atoms with E-state index in [1.807, 2.05) is 0 Å². The van der Waals surface area contributed by atoms with E-state index in [-0.39, 0.29) is 11.3 Å². The number of carbonyl (C=O) groups is 1. The number of nitrogens with zero attached hydrogens (tertiary/aromatic N) is 1. The lowest BCUT2D eigenvalue weighted by Crippen LogP contribution is -2.20. The van der Waals surface area contributed by atoms with Gasteiger partial charge in [-0.15, -0.1) is 0 Å². The van der Waals surface area contributed by atoms with E-state index in [1.165, 1.54) is 18.2 Å². The number of benzene rings is 1. The van der Waals surface area contributed by atoms with Gasteiger partial charge in [0, 0.05) is 11.6 Å². The van der Waals surface area contributed by atoms with Crippen molar-refractivity contribution in [3.63, 3.8) is 0 Å². The Morgan fingerprint density at radius 3 is 2.67 bits per heavy atom. The highest BCUT2D eigenvalue weighted by Gasteiger charge is 2.18. The van der Waals surface area contributed by atoms with Gasteiger partial charge in [-0.3, -0.25) is 14.9 Å². The molecule has 6 heteroatoms. The molecular weight excluding hydrogens is 200 g/mol. The Labute approximate surface area is 85.5 Å². The van der Waals surface area contributed by atoms with Crippen molar-refractivity contribution in [3.05, 3.63) is 39.4 Å². The second-order valence-electron chi connectivity index (χ2n) is 3.12. The van der Waals surface area contributed by atoms with Crippen molar-refractivity contribution in [1.82, 2.24) is 0 Å². The number of carboxylic acids is 1. The molecule has 0 amide bonds. The molecule has 1 aromatic rings. The molecule has 1 rings (SSSR count). The van der Waals surface area contributed by atoms with E-state index in [0.717, 1.165) is 0 Å². The summed E-state index contributed by atoms with van der Waals surface area (Å²) in [5.74, 6) is -1.21. The largest absolute Gasteiger partial charge is 0.480 e. The molecule has 1 atom stereocenters. The minimum absolute atomic E-state index is 0.121. The van der Waals surface area contributed by atoms with Crippen molar-refractivity contribution in [2.24, 2.45) is 5.73 Å². The van der Waals surface area contributed by atoms with Crippen LogP contribution in [0, 0.1) is 17.0 Å². The Balaban J connectivity index is 3.18. The van der Waals surface area contributed by atoms with Gasteiger partial charge in [-0.25, -0.2) is 0 Å². The molecule has 0 radical (unpaired) electrons. The molecule has 0 saturated carbocycles. The van der Waals surface area contributed by atoms with Crippen LogP contribution in [0.2, 0.25) is 0 Å². The molecule has 15 heavy (non-hydrogen) atoms. The smallest absolute Gasteiger partial charge is 0.325 e. The molecule has 0 spiro atoms. The van der Waals surface area contributed by atoms with Gasteiger partial charge in [0.1, 0.15) is 6.04 Å². The molecule has 1 aromatic carbocycles. The number of nitro benzene ring substituents is 1. The van der Waals surface area contributed by atoms with Crippen LogP contribution in [0.15, 0.2) is 18.2 Å². The average molecular weight is 210 g/mol. The second kappa shape index (κ2) is 4.05. The number of nitro groups is 1. The maximum Gasteiger partial charge on any atom is 0.325 e. The third-order valence-electron chi connectivity index (χ3n) is 2.06. The lowest BCUT2D eigenvalue weighted by atomic mass is 10.0. The SMILES string of the molecule is Cc1ccc([C@H](N)C(=O)O)cc1[N+](=O)[O-]. The first-order valence-electron chi connectivity index (χ1n) is 4.17. The van der Waals surface area contributed by atoms with Crippen LogP contribution in [0.1, 0.15) is 17.2 Å². The van der Waals surface area contributed by atoms with Gasteiger partial charge >= 0.3 is 5.97 Å². The Morgan fingerprint density at radius 1 is 1.60 bits per heavy atom. The minimum Gasteiger partial charge on any atom is -0.480 e. The fraction of sp³-hybridized carbons (Fsp3) is 0.222. The molecule has 80 valence electrons. The van der Waals surface area contributed by atoms with Crippen LogP contribution in [-0.2, 0) is 4.79 Å². The van der Waals surface area contributed by atoms with E-state index in [1.54, 1.807) is 6.92 Å². The highest BCUT2D eigenvalue weighted by Crippen LogP contribution is 2.22. The maximum absolute atomic E-state index is 10.6. The van der Waals surface area contributed by atoms with Crippen LogP contribution >= 0.6 is 0 Å². The van der Waals surface area contributed by atoms with Crippen LogP contribution in [0.5, 0.6) is 0 Å². The van der Waals surface area contributed by atoms with Crippen molar-refractivity contribution in [2.45, 2.75) is 13.0 Å². The van der Waals surface area contributed by atoms with Gasteiger partial charge in [-0.05, 0) is 12.5 Å². The van der Waals surface area contributed by atoms with Crippen LogP contribution in [0.4, 0.5) is 5.69 Å². The number of hydrogen-bond donors (Lipinski definition) is 2. The fourth-order valence-corrected chi connectivity index (χ4v) is 1.16. The second-order valence-corrected chi connectivity index (χ2v) is 3.12. The average Bonchev–Trinajstić information content (AvgIpc) is 2.16.